The standard InChI is InChI=1S/C20H21ClN2.C2H6/c1-4-22-18-13-23(12-11-16(18)14(2)3)19-10-6-8-15-7-5-9-17(21)20(15)19;1-2/h4-10H,2,11-13H2,1,3H3;1-2H3. The quantitative estimate of drug-likeness (QED) is 0.563. The van der Waals surface area contributed by atoms with Crippen LogP contribution in [-0.4, -0.2) is 19.3 Å². The van der Waals surface area contributed by atoms with Crippen molar-refractivity contribution < 1.29 is 0 Å². The second-order valence-corrected chi connectivity index (χ2v) is 6.29. The molecule has 0 N–H and O–H groups in total. The predicted molar refractivity (Wildman–Crippen MR) is 113 cm³/mol. The van der Waals surface area contributed by atoms with Crippen LogP contribution in [0, 0.1) is 0 Å². The summed E-state index contributed by atoms with van der Waals surface area (Å²) >= 11 is 6.48. The van der Waals surface area contributed by atoms with Gasteiger partial charge in [0, 0.05) is 23.8 Å². The average Bonchev–Trinajstić information content (AvgIpc) is 2.63. The highest BCUT2D eigenvalue weighted by Crippen LogP contribution is 2.35. The molecular formula is C22H27ClN2. The molecule has 1 aliphatic rings. The summed E-state index contributed by atoms with van der Waals surface area (Å²) in [5.41, 5.74) is 4.68. The molecule has 3 heteroatoms. The van der Waals surface area contributed by atoms with Crippen LogP contribution >= 0.6 is 11.6 Å². The first-order chi connectivity index (χ1) is 12.1. The zero-order valence-electron chi connectivity index (χ0n) is 15.6. The molecule has 0 radical (unpaired) electrons. The summed E-state index contributed by atoms with van der Waals surface area (Å²) in [4.78, 5) is 6.95. The van der Waals surface area contributed by atoms with Crippen molar-refractivity contribution >= 4 is 34.3 Å². The Hall–Kier alpha value is -2.06. The molecule has 25 heavy (non-hydrogen) atoms. The maximum absolute atomic E-state index is 6.48. The first-order valence-electron chi connectivity index (χ1n) is 8.90. The van der Waals surface area contributed by atoms with E-state index >= 15 is 0 Å². The van der Waals surface area contributed by atoms with Crippen molar-refractivity contribution in [3.63, 3.8) is 0 Å². The molecule has 2 nitrogen and oxygen atoms in total. The van der Waals surface area contributed by atoms with Gasteiger partial charge in [-0.2, -0.15) is 0 Å². The van der Waals surface area contributed by atoms with Crippen LogP contribution < -0.4 is 4.90 Å². The molecule has 0 saturated carbocycles. The highest BCUT2D eigenvalue weighted by atomic mass is 35.5. The Morgan fingerprint density at radius 2 is 1.88 bits per heavy atom. The van der Waals surface area contributed by atoms with Gasteiger partial charge in [-0.1, -0.05) is 61.9 Å². The van der Waals surface area contributed by atoms with Gasteiger partial charge in [-0.25, -0.2) is 0 Å². The maximum atomic E-state index is 6.48. The topological polar surface area (TPSA) is 15.6 Å². The second-order valence-electron chi connectivity index (χ2n) is 5.88. The van der Waals surface area contributed by atoms with Gasteiger partial charge >= 0.3 is 0 Å². The summed E-state index contributed by atoms with van der Waals surface area (Å²) in [6.45, 7) is 13.9. The largest absolute Gasteiger partial charge is 0.365 e. The molecule has 0 amide bonds. The number of aliphatic imine (C=N–C) groups is 1. The summed E-state index contributed by atoms with van der Waals surface area (Å²) < 4.78 is 0. The number of halogens is 1. The van der Waals surface area contributed by atoms with Crippen LogP contribution in [0.1, 0.15) is 34.1 Å². The van der Waals surface area contributed by atoms with Gasteiger partial charge in [-0.3, -0.25) is 4.99 Å². The molecular weight excluding hydrogens is 328 g/mol. The van der Waals surface area contributed by atoms with Crippen molar-refractivity contribution in [2.75, 3.05) is 18.0 Å². The number of benzene rings is 2. The number of rotatable bonds is 3. The van der Waals surface area contributed by atoms with Crippen LogP contribution in [0.2, 0.25) is 5.02 Å². The third kappa shape index (κ3) is 4.13. The van der Waals surface area contributed by atoms with Crippen molar-refractivity contribution in [2.24, 2.45) is 4.99 Å². The van der Waals surface area contributed by atoms with Gasteiger partial charge < -0.3 is 4.90 Å². The first kappa shape index (κ1) is 19.3. The molecule has 0 saturated heterocycles. The van der Waals surface area contributed by atoms with E-state index in [2.05, 4.69) is 47.7 Å². The molecule has 0 spiro atoms. The summed E-state index contributed by atoms with van der Waals surface area (Å²) in [7, 11) is 0. The molecule has 1 heterocycles. The third-order valence-electron chi connectivity index (χ3n) is 4.29. The van der Waals surface area contributed by atoms with Crippen LogP contribution in [0.3, 0.4) is 0 Å². The van der Waals surface area contributed by atoms with E-state index in [0.29, 0.717) is 0 Å². The Kier molecular flexibility index (Phi) is 6.83. The highest BCUT2D eigenvalue weighted by Gasteiger charge is 2.21. The van der Waals surface area contributed by atoms with Gasteiger partial charge in [0.25, 0.3) is 0 Å². The molecule has 0 aliphatic carbocycles. The van der Waals surface area contributed by atoms with Crippen molar-refractivity contribution in [2.45, 2.75) is 34.1 Å². The Bertz CT molecular complexity index is 813. The fraction of sp³-hybridized carbons (Fsp3) is 0.318. The molecule has 1 aliphatic heterocycles. The van der Waals surface area contributed by atoms with Crippen molar-refractivity contribution in [3.8, 4) is 0 Å². The van der Waals surface area contributed by atoms with Crippen LogP contribution in [0.5, 0.6) is 0 Å². The predicted octanol–water partition coefficient (Wildman–Crippen LogP) is 6.65. The molecule has 132 valence electrons. The molecule has 0 atom stereocenters. The summed E-state index contributed by atoms with van der Waals surface area (Å²) in [5.74, 6) is 0. The minimum Gasteiger partial charge on any atom is -0.365 e. The van der Waals surface area contributed by atoms with Gasteiger partial charge in [-0.15, -0.1) is 0 Å². The van der Waals surface area contributed by atoms with E-state index in [9.17, 15) is 0 Å². The number of anilines is 1. The van der Waals surface area contributed by atoms with E-state index in [1.807, 2.05) is 39.1 Å². The lowest BCUT2D eigenvalue weighted by Crippen LogP contribution is -2.31. The fourth-order valence-electron chi connectivity index (χ4n) is 3.23. The maximum Gasteiger partial charge on any atom is 0.0627 e. The second kappa shape index (κ2) is 8.87. The molecule has 2 aromatic carbocycles. The Morgan fingerprint density at radius 1 is 1.20 bits per heavy atom. The van der Waals surface area contributed by atoms with E-state index in [4.69, 9.17) is 11.6 Å². The number of allylic oxidation sites excluding steroid dienone is 1. The first-order valence-corrected chi connectivity index (χ1v) is 9.28. The summed E-state index contributed by atoms with van der Waals surface area (Å²) in [6.07, 6.45) is 2.82. The lowest BCUT2D eigenvalue weighted by molar-refractivity contribution is 0.759. The molecule has 0 unspecified atom stereocenters. The normalized spacial score (nSPS) is 14.7. The molecule has 0 bridgehead atoms. The Labute approximate surface area is 156 Å². The van der Waals surface area contributed by atoms with Crippen molar-refractivity contribution in [3.05, 3.63) is 64.8 Å². The van der Waals surface area contributed by atoms with Crippen LogP contribution in [0.4, 0.5) is 5.69 Å². The lowest BCUT2D eigenvalue weighted by Gasteiger charge is -2.32. The Morgan fingerprint density at radius 3 is 2.52 bits per heavy atom. The zero-order valence-corrected chi connectivity index (χ0v) is 16.4. The third-order valence-corrected chi connectivity index (χ3v) is 4.61. The smallest absolute Gasteiger partial charge is 0.0627 e. The van der Waals surface area contributed by atoms with Crippen molar-refractivity contribution in [1.29, 1.82) is 0 Å². The molecule has 2 aromatic rings. The lowest BCUT2D eigenvalue weighted by atomic mass is 9.98. The molecule has 3 rings (SSSR count). The monoisotopic (exact) mass is 354 g/mol. The van der Waals surface area contributed by atoms with E-state index < -0.39 is 0 Å². The number of hydrogen-bond acceptors (Lipinski definition) is 2. The van der Waals surface area contributed by atoms with Gasteiger partial charge in [0.1, 0.15) is 0 Å². The van der Waals surface area contributed by atoms with Gasteiger partial charge in [0.15, 0.2) is 0 Å². The zero-order chi connectivity index (χ0) is 18.4. The van der Waals surface area contributed by atoms with Gasteiger partial charge in [0.05, 0.1) is 17.3 Å². The minimum absolute atomic E-state index is 0.789. The van der Waals surface area contributed by atoms with E-state index in [0.717, 1.165) is 41.2 Å². The average molecular weight is 355 g/mol. The summed E-state index contributed by atoms with van der Waals surface area (Å²) in [5, 5.41) is 3.09. The van der Waals surface area contributed by atoms with Crippen molar-refractivity contribution in [1.82, 2.24) is 0 Å². The highest BCUT2D eigenvalue weighted by molar-refractivity contribution is 6.36. The fourth-order valence-corrected chi connectivity index (χ4v) is 3.50. The van der Waals surface area contributed by atoms with Crippen LogP contribution in [-0.2, 0) is 0 Å². The van der Waals surface area contributed by atoms with Gasteiger partial charge in [0.2, 0.25) is 0 Å². The van der Waals surface area contributed by atoms with Gasteiger partial charge in [-0.05, 0) is 43.4 Å². The van der Waals surface area contributed by atoms with E-state index in [-0.39, 0.29) is 0 Å². The molecule has 0 fully saturated rings. The van der Waals surface area contributed by atoms with E-state index in [1.165, 1.54) is 16.6 Å². The minimum atomic E-state index is 0.789. The SMILES string of the molecule is C=C(C)C1=C(N=CC)CN(c2cccc3cccc(Cl)c23)CC1.CC. The summed E-state index contributed by atoms with van der Waals surface area (Å²) in [6, 6.07) is 12.4. The number of hydrogen-bond donors (Lipinski definition) is 0. The van der Waals surface area contributed by atoms with E-state index in [1.54, 1.807) is 0 Å². The Balaban J connectivity index is 0.00000109. The van der Waals surface area contributed by atoms with Crippen LogP contribution in [0.15, 0.2) is 64.8 Å². The number of fused-ring (bicyclic) bond motifs is 1. The molecule has 0 aromatic heterocycles. The number of nitrogens with zero attached hydrogens (tertiary/aromatic N) is 2. The van der Waals surface area contributed by atoms with Crippen LogP contribution in [0.25, 0.3) is 10.8 Å².